The number of anilines is 2. The zero-order valence-electron chi connectivity index (χ0n) is 14.1. The Morgan fingerprint density at radius 2 is 2.12 bits per heavy atom. The summed E-state index contributed by atoms with van der Waals surface area (Å²) in [6.07, 6.45) is 4.39. The highest BCUT2D eigenvalue weighted by molar-refractivity contribution is 14.1. The Bertz CT molecular complexity index is 953. The number of guanidine groups is 1. The Balaban J connectivity index is 2.37. The number of pyridine rings is 1. The highest BCUT2D eigenvalue weighted by atomic mass is 127. The number of halogens is 1. The molecule has 3 N–H and O–H groups in total. The van der Waals surface area contributed by atoms with Gasteiger partial charge < -0.3 is 5.32 Å². The summed E-state index contributed by atoms with van der Waals surface area (Å²) in [4.78, 5) is 7.89. The molecule has 0 aliphatic carbocycles. The maximum Gasteiger partial charge on any atom is 0.267 e. The molecule has 136 valence electrons. The Morgan fingerprint density at radius 3 is 2.77 bits per heavy atom. The van der Waals surface area contributed by atoms with Crippen molar-refractivity contribution >= 4 is 49.9 Å². The third-order valence-electron chi connectivity index (χ3n) is 2.97. The second-order valence-corrected chi connectivity index (χ2v) is 8.32. The van der Waals surface area contributed by atoms with Gasteiger partial charge in [0.15, 0.2) is 6.19 Å². The van der Waals surface area contributed by atoms with Crippen molar-refractivity contribution in [1.82, 2.24) is 15.0 Å². The Kier molecular flexibility index (Phi) is 6.76. The van der Waals surface area contributed by atoms with E-state index >= 15 is 0 Å². The van der Waals surface area contributed by atoms with E-state index in [4.69, 9.17) is 5.26 Å². The number of nitriles is 1. The minimum absolute atomic E-state index is 0.0601. The molecule has 0 radical (unpaired) electrons. The van der Waals surface area contributed by atoms with Gasteiger partial charge in [0.1, 0.15) is 4.90 Å². The van der Waals surface area contributed by atoms with Crippen LogP contribution in [0.1, 0.15) is 13.8 Å². The molecule has 0 amide bonds. The molecule has 2 rings (SSSR count). The lowest BCUT2D eigenvalue weighted by Gasteiger charge is -2.14. The molecular formula is C16H17IN6O2S. The molecule has 8 nitrogen and oxygen atoms in total. The van der Waals surface area contributed by atoms with Crippen molar-refractivity contribution in [3.63, 3.8) is 0 Å². The van der Waals surface area contributed by atoms with E-state index in [1.54, 1.807) is 26.1 Å². The molecule has 0 atom stereocenters. The van der Waals surface area contributed by atoms with Crippen LogP contribution >= 0.6 is 22.6 Å². The third kappa shape index (κ3) is 5.57. The highest BCUT2D eigenvalue weighted by Crippen LogP contribution is 2.24. The summed E-state index contributed by atoms with van der Waals surface area (Å²) >= 11 is 2.17. The molecule has 26 heavy (non-hydrogen) atoms. The van der Waals surface area contributed by atoms with Crippen LogP contribution in [0.15, 0.2) is 52.6 Å². The summed E-state index contributed by atoms with van der Waals surface area (Å²) in [5.41, 5.74) is 1.10. The van der Waals surface area contributed by atoms with Crippen LogP contribution in [0.2, 0.25) is 0 Å². The van der Waals surface area contributed by atoms with E-state index in [1.165, 1.54) is 12.4 Å². The standard InChI is InChI=1S/C16H17IN6O2S/c1-11(2)21-16(20-10-18)23-26(24,25)15-9-19-7-6-14(15)22-13-5-3-4-12(17)8-13/h3-9,11H,1-2H3,(H,19,22)(H2,20,21,23). The third-order valence-corrected chi connectivity index (χ3v) is 5.01. The largest absolute Gasteiger partial charge is 0.354 e. The first-order valence-electron chi connectivity index (χ1n) is 7.54. The molecule has 2 aromatic rings. The molecule has 0 fully saturated rings. The second-order valence-electron chi connectivity index (χ2n) is 5.42. The van der Waals surface area contributed by atoms with E-state index < -0.39 is 10.0 Å². The summed E-state index contributed by atoms with van der Waals surface area (Å²) < 4.78 is 28.8. The number of benzene rings is 1. The highest BCUT2D eigenvalue weighted by Gasteiger charge is 2.21. The molecule has 1 heterocycles. The summed E-state index contributed by atoms with van der Waals surface area (Å²) in [5, 5.41) is 14.1. The summed E-state index contributed by atoms with van der Waals surface area (Å²) in [6.45, 7) is 3.53. The van der Waals surface area contributed by atoms with Gasteiger partial charge in [-0.05, 0) is 60.7 Å². The molecule has 0 saturated carbocycles. The maximum absolute atomic E-state index is 12.8. The van der Waals surface area contributed by atoms with Crippen LogP contribution in [-0.4, -0.2) is 25.4 Å². The van der Waals surface area contributed by atoms with E-state index in [0.717, 1.165) is 9.26 Å². The van der Waals surface area contributed by atoms with Crippen LogP contribution in [0.25, 0.3) is 0 Å². The summed E-state index contributed by atoms with van der Waals surface area (Å²) in [6, 6.07) is 8.86. The molecular weight excluding hydrogens is 467 g/mol. The topological polar surface area (TPSA) is 119 Å². The van der Waals surface area contributed by atoms with Crippen molar-refractivity contribution in [3.8, 4) is 6.19 Å². The molecule has 0 saturated heterocycles. The SMILES string of the molecule is CC(C)N=C(NC#N)NS(=O)(=O)c1cnccc1Nc1cccc(I)c1. The van der Waals surface area contributed by atoms with Gasteiger partial charge in [-0.1, -0.05) is 6.07 Å². The minimum atomic E-state index is -4.01. The van der Waals surface area contributed by atoms with Crippen LogP contribution in [0.4, 0.5) is 11.4 Å². The molecule has 0 unspecified atom stereocenters. The summed E-state index contributed by atoms with van der Waals surface area (Å²) in [5.74, 6) is -0.147. The normalized spacial score (nSPS) is 11.7. The molecule has 1 aromatic carbocycles. The van der Waals surface area contributed by atoms with Crippen LogP contribution in [0.5, 0.6) is 0 Å². The molecule has 10 heteroatoms. The number of hydrogen-bond donors (Lipinski definition) is 3. The number of sulfonamides is 1. The van der Waals surface area contributed by atoms with Crippen molar-refractivity contribution in [1.29, 1.82) is 5.26 Å². The fourth-order valence-corrected chi connectivity index (χ4v) is 3.62. The van der Waals surface area contributed by atoms with Gasteiger partial charge in [-0.25, -0.2) is 18.1 Å². The van der Waals surface area contributed by atoms with Crippen molar-refractivity contribution in [2.75, 3.05) is 5.32 Å². The van der Waals surface area contributed by atoms with E-state index in [-0.39, 0.29) is 16.9 Å². The van der Waals surface area contributed by atoms with Crippen molar-refractivity contribution in [2.45, 2.75) is 24.8 Å². The lowest BCUT2D eigenvalue weighted by molar-refractivity contribution is 0.591. The van der Waals surface area contributed by atoms with E-state index in [2.05, 4.69) is 47.9 Å². The van der Waals surface area contributed by atoms with Gasteiger partial charge in [0, 0.05) is 27.7 Å². The van der Waals surface area contributed by atoms with Crippen molar-refractivity contribution < 1.29 is 8.42 Å². The predicted molar refractivity (Wildman–Crippen MR) is 108 cm³/mol. The van der Waals surface area contributed by atoms with Gasteiger partial charge in [0.25, 0.3) is 10.0 Å². The number of aliphatic imine (C=N–C) groups is 1. The number of nitrogens with one attached hydrogen (secondary N) is 3. The first-order chi connectivity index (χ1) is 12.3. The molecule has 0 aliphatic heterocycles. The fraction of sp³-hybridized carbons (Fsp3) is 0.188. The lowest BCUT2D eigenvalue weighted by atomic mass is 10.3. The Labute approximate surface area is 165 Å². The smallest absolute Gasteiger partial charge is 0.267 e. The van der Waals surface area contributed by atoms with Gasteiger partial charge in [-0.2, -0.15) is 5.26 Å². The van der Waals surface area contributed by atoms with Gasteiger partial charge in [-0.15, -0.1) is 0 Å². The van der Waals surface area contributed by atoms with Gasteiger partial charge in [-0.3, -0.25) is 10.3 Å². The second kappa shape index (κ2) is 8.81. The Morgan fingerprint density at radius 1 is 1.35 bits per heavy atom. The number of aromatic nitrogens is 1. The quantitative estimate of drug-likeness (QED) is 0.197. The van der Waals surface area contributed by atoms with Crippen LogP contribution in [0.3, 0.4) is 0 Å². The van der Waals surface area contributed by atoms with E-state index in [0.29, 0.717) is 5.69 Å². The van der Waals surface area contributed by atoms with Crippen LogP contribution in [0, 0.1) is 15.0 Å². The van der Waals surface area contributed by atoms with Gasteiger partial charge in [0.2, 0.25) is 5.96 Å². The number of nitrogens with zero attached hydrogens (tertiary/aromatic N) is 3. The van der Waals surface area contributed by atoms with E-state index in [9.17, 15) is 8.42 Å². The van der Waals surface area contributed by atoms with Crippen molar-refractivity contribution in [2.24, 2.45) is 4.99 Å². The molecule has 0 spiro atoms. The van der Waals surface area contributed by atoms with E-state index in [1.807, 2.05) is 24.3 Å². The van der Waals surface area contributed by atoms with Gasteiger partial charge >= 0.3 is 0 Å². The summed E-state index contributed by atoms with van der Waals surface area (Å²) in [7, 11) is -4.01. The minimum Gasteiger partial charge on any atom is -0.354 e. The van der Waals surface area contributed by atoms with Crippen molar-refractivity contribution in [3.05, 3.63) is 46.3 Å². The molecule has 0 bridgehead atoms. The van der Waals surface area contributed by atoms with Gasteiger partial charge in [0.05, 0.1) is 5.69 Å². The zero-order valence-corrected chi connectivity index (χ0v) is 17.0. The molecule has 1 aromatic heterocycles. The van der Waals surface area contributed by atoms with Crippen LogP contribution < -0.4 is 15.4 Å². The first-order valence-corrected chi connectivity index (χ1v) is 10.1. The predicted octanol–water partition coefficient (Wildman–Crippen LogP) is 2.54. The lowest BCUT2D eigenvalue weighted by Crippen LogP contribution is -2.39. The Hall–Kier alpha value is -2.39. The maximum atomic E-state index is 12.8. The number of hydrogen-bond acceptors (Lipinski definition) is 6. The fourth-order valence-electron chi connectivity index (χ4n) is 2.00. The first kappa shape index (κ1) is 19.9. The molecule has 0 aliphatic rings. The average molecular weight is 484 g/mol. The average Bonchev–Trinajstić information content (AvgIpc) is 2.54. The zero-order chi connectivity index (χ0) is 19.2. The van der Waals surface area contributed by atoms with Crippen LogP contribution in [-0.2, 0) is 10.0 Å². The monoisotopic (exact) mass is 484 g/mol. The number of rotatable bonds is 5.